The van der Waals surface area contributed by atoms with Gasteiger partial charge in [0, 0.05) is 17.5 Å². The summed E-state index contributed by atoms with van der Waals surface area (Å²) < 4.78 is 19.0. The van der Waals surface area contributed by atoms with Crippen LogP contribution < -0.4 is 10.5 Å². The second-order valence-corrected chi connectivity index (χ2v) is 5.02. The predicted octanol–water partition coefficient (Wildman–Crippen LogP) is 2.96. The van der Waals surface area contributed by atoms with Crippen LogP contribution in [0.25, 0.3) is 0 Å². The van der Waals surface area contributed by atoms with Crippen molar-refractivity contribution in [2.24, 2.45) is 0 Å². The van der Waals surface area contributed by atoms with E-state index in [0.717, 1.165) is 17.7 Å². The molecule has 1 aliphatic rings. The molecule has 0 saturated carbocycles. The summed E-state index contributed by atoms with van der Waals surface area (Å²) in [6.07, 6.45) is 0.913. The van der Waals surface area contributed by atoms with Crippen LogP contribution in [0.5, 0.6) is 5.75 Å². The minimum atomic E-state index is -0.575. The number of benzene rings is 2. The van der Waals surface area contributed by atoms with E-state index in [2.05, 4.69) is 0 Å². The molecular formula is C16H14FNO2. The maximum Gasteiger partial charge on any atom is 0.193 e. The SMILES string of the molecule is CC1Cc2cc(C(=O)c3ccc(N)c(F)c3)ccc2O1. The quantitative estimate of drug-likeness (QED) is 0.675. The third-order valence-corrected chi connectivity index (χ3v) is 3.42. The summed E-state index contributed by atoms with van der Waals surface area (Å²) in [4.78, 5) is 12.3. The highest BCUT2D eigenvalue weighted by Gasteiger charge is 2.21. The molecule has 1 unspecified atom stereocenters. The summed E-state index contributed by atoms with van der Waals surface area (Å²) in [6.45, 7) is 1.98. The molecule has 1 heterocycles. The van der Waals surface area contributed by atoms with Crippen LogP contribution >= 0.6 is 0 Å². The van der Waals surface area contributed by atoms with Crippen molar-refractivity contribution in [1.29, 1.82) is 0 Å². The van der Waals surface area contributed by atoms with E-state index in [0.29, 0.717) is 11.1 Å². The molecule has 1 atom stereocenters. The van der Waals surface area contributed by atoms with Crippen molar-refractivity contribution in [2.45, 2.75) is 19.4 Å². The minimum Gasteiger partial charge on any atom is -0.490 e. The Morgan fingerprint density at radius 1 is 1.25 bits per heavy atom. The van der Waals surface area contributed by atoms with Crippen LogP contribution in [0.4, 0.5) is 10.1 Å². The first-order valence-corrected chi connectivity index (χ1v) is 6.44. The lowest BCUT2D eigenvalue weighted by Gasteiger charge is -2.05. The lowest BCUT2D eigenvalue weighted by Crippen LogP contribution is -2.05. The molecule has 2 N–H and O–H groups in total. The Balaban J connectivity index is 1.95. The summed E-state index contributed by atoms with van der Waals surface area (Å²) in [5.74, 6) is 0.0257. The van der Waals surface area contributed by atoms with E-state index in [1.807, 2.05) is 13.0 Å². The maximum absolute atomic E-state index is 13.4. The maximum atomic E-state index is 13.4. The number of carbonyl (C=O) groups excluding carboxylic acids is 1. The van der Waals surface area contributed by atoms with Crippen LogP contribution in [0.2, 0.25) is 0 Å². The molecular weight excluding hydrogens is 257 g/mol. The number of nitrogens with two attached hydrogens (primary N) is 1. The van der Waals surface area contributed by atoms with Gasteiger partial charge in [-0.3, -0.25) is 4.79 Å². The Morgan fingerprint density at radius 3 is 2.70 bits per heavy atom. The number of ketones is 1. The Labute approximate surface area is 116 Å². The molecule has 2 aromatic rings. The standard InChI is InChI=1S/C16H14FNO2/c1-9-6-12-7-10(3-5-15(12)20-9)16(19)11-2-4-14(18)13(17)8-11/h2-5,7-9H,6,18H2,1H3. The van der Waals surface area contributed by atoms with Crippen LogP contribution in [0.3, 0.4) is 0 Å². The van der Waals surface area contributed by atoms with Crippen LogP contribution in [0.1, 0.15) is 28.4 Å². The van der Waals surface area contributed by atoms with Crippen LogP contribution in [-0.2, 0) is 6.42 Å². The average Bonchev–Trinajstić information content (AvgIpc) is 2.80. The van der Waals surface area contributed by atoms with Crippen molar-refractivity contribution < 1.29 is 13.9 Å². The molecule has 102 valence electrons. The molecule has 0 fully saturated rings. The summed E-state index contributed by atoms with van der Waals surface area (Å²) in [7, 11) is 0. The van der Waals surface area contributed by atoms with Gasteiger partial charge in [0.05, 0.1) is 5.69 Å². The van der Waals surface area contributed by atoms with Gasteiger partial charge in [0.2, 0.25) is 0 Å². The van der Waals surface area contributed by atoms with Gasteiger partial charge in [-0.15, -0.1) is 0 Å². The van der Waals surface area contributed by atoms with Gasteiger partial charge < -0.3 is 10.5 Å². The lowest BCUT2D eigenvalue weighted by atomic mass is 9.99. The lowest BCUT2D eigenvalue weighted by molar-refractivity contribution is 0.103. The molecule has 0 aromatic heterocycles. The van der Waals surface area contributed by atoms with E-state index in [4.69, 9.17) is 10.5 Å². The van der Waals surface area contributed by atoms with E-state index in [1.165, 1.54) is 18.2 Å². The van der Waals surface area contributed by atoms with Gasteiger partial charge in [0.25, 0.3) is 0 Å². The fraction of sp³-hybridized carbons (Fsp3) is 0.188. The van der Waals surface area contributed by atoms with Crippen molar-refractivity contribution in [3.05, 3.63) is 58.9 Å². The average molecular weight is 271 g/mol. The van der Waals surface area contributed by atoms with Crippen LogP contribution in [-0.4, -0.2) is 11.9 Å². The van der Waals surface area contributed by atoms with E-state index in [-0.39, 0.29) is 17.6 Å². The van der Waals surface area contributed by atoms with Crippen LogP contribution in [0, 0.1) is 5.82 Å². The van der Waals surface area contributed by atoms with Gasteiger partial charge in [-0.05, 0) is 48.9 Å². The molecule has 3 nitrogen and oxygen atoms in total. The van der Waals surface area contributed by atoms with E-state index < -0.39 is 5.82 Å². The van der Waals surface area contributed by atoms with E-state index >= 15 is 0 Å². The first kappa shape index (κ1) is 12.7. The number of ether oxygens (including phenoxy) is 1. The van der Waals surface area contributed by atoms with Crippen molar-refractivity contribution in [1.82, 2.24) is 0 Å². The Morgan fingerprint density at radius 2 is 1.95 bits per heavy atom. The molecule has 2 aromatic carbocycles. The molecule has 4 heteroatoms. The van der Waals surface area contributed by atoms with Gasteiger partial charge in [0.15, 0.2) is 5.78 Å². The van der Waals surface area contributed by atoms with Gasteiger partial charge >= 0.3 is 0 Å². The molecule has 0 spiro atoms. The fourth-order valence-electron chi connectivity index (χ4n) is 2.40. The summed E-state index contributed by atoms with van der Waals surface area (Å²) in [5.41, 5.74) is 7.29. The fourth-order valence-corrected chi connectivity index (χ4v) is 2.40. The third-order valence-electron chi connectivity index (χ3n) is 3.42. The van der Waals surface area contributed by atoms with Gasteiger partial charge in [0.1, 0.15) is 17.7 Å². The smallest absolute Gasteiger partial charge is 0.193 e. The monoisotopic (exact) mass is 271 g/mol. The van der Waals surface area contributed by atoms with Gasteiger partial charge in [-0.25, -0.2) is 4.39 Å². The summed E-state index contributed by atoms with van der Waals surface area (Å²) >= 11 is 0. The molecule has 0 amide bonds. The Bertz CT molecular complexity index is 697. The van der Waals surface area contributed by atoms with Gasteiger partial charge in [-0.2, -0.15) is 0 Å². The molecule has 1 aliphatic heterocycles. The largest absolute Gasteiger partial charge is 0.490 e. The molecule has 0 bridgehead atoms. The second-order valence-electron chi connectivity index (χ2n) is 5.02. The normalized spacial score (nSPS) is 16.6. The Hall–Kier alpha value is -2.36. The summed E-state index contributed by atoms with van der Waals surface area (Å²) in [5, 5.41) is 0. The van der Waals surface area contributed by atoms with Crippen molar-refractivity contribution in [3.8, 4) is 5.75 Å². The zero-order valence-electron chi connectivity index (χ0n) is 11.0. The van der Waals surface area contributed by atoms with Crippen molar-refractivity contribution in [2.75, 3.05) is 5.73 Å². The highest BCUT2D eigenvalue weighted by molar-refractivity contribution is 6.09. The first-order chi connectivity index (χ1) is 9.54. The van der Waals surface area contributed by atoms with Gasteiger partial charge in [-0.1, -0.05) is 0 Å². The number of hydrogen-bond acceptors (Lipinski definition) is 3. The predicted molar refractivity (Wildman–Crippen MR) is 74.5 cm³/mol. The van der Waals surface area contributed by atoms with Crippen molar-refractivity contribution >= 4 is 11.5 Å². The zero-order valence-corrected chi connectivity index (χ0v) is 11.0. The zero-order chi connectivity index (χ0) is 14.3. The van der Waals surface area contributed by atoms with Crippen LogP contribution in [0.15, 0.2) is 36.4 Å². The van der Waals surface area contributed by atoms with E-state index in [9.17, 15) is 9.18 Å². The highest BCUT2D eigenvalue weighted by atomic mass is 19.1. The summed E-state index contributed by atoms with van der Waals surface area (Å²) in [6, 6.07) is 9.42. The molecule has 0 saturated heterocycles. The topological polar surface area (TPSA) is 52.3 Å². The Kier molecular flexibility index (Phi) is 2.93. The number of carbonyl (C=O) groups is 1. The van der Waals surface area contributed by atoms with E-state index in [1.54, 1.807) is 12.1 Å². The molecule has 0 radical (unpaired) electrons. The highest BCUT2D eigenvalue weighted by Crippen LogP contribution is 2.30. The molecule has 3 rings (SSSR count). The number of fused-ring (bicyclic) bond motifs is 1. The third kappa shape index (κ3) is 2.13. The molecule has 20 heavy (non-hydrogen) atoms. The molecule has 0 aliphatic carbocycles. The second kappa shape index (κ2) is 4.63. The number of halogens is 1. The number of rotatable bonds is 2. The minimum absolute atomic E-state index is 0.0396. The van der Waals surface area contributed by atoms with Crippen molar-refractivity contribution in [3.63, 3.8) is 0 Å². The number of hydrogen-bond donors (Lipinski definition) is 1. The number of anilines is 1. The first-order valence-electron chi connectivity index (χ1n) is 6.44. The number of nitrogen functional groups attached to an aromatic ring is 1.